The summed E-state index contributed by atoms with van der Waals surface area (Å²) < 4.78 is 12.4. The van der Waals surface area contributed by atoms with E-state index < -0.39 is 0 Å². The highest BCUT2D eigenvalue weighted by Crippen LogP contribution is 2.36. The lowest BCUT2D eigenvalue weighted by Gasteiger charge is -2.32. The van der Waals surface area contributed by atoms with Crippen molar-refractivity contribution in [2.45, 2.75) is 45.3 Å². The van der Waals surface area contributed by atoms with Crippen molar-refractivity contribution in [3.05, 3.63) is 59.9 Å². The first-order chi connectivity index (χ1) is 10.4. The van der Waals surface area contributed by atoms with Crippen LogP contribution in [-0.2, 0) is 15.7 Å². The van der Waals surface area contributed by atoms with Crippen LogP contribution in [0.15, 0.2) is 48.7 Å². The summed E-state index contributed by atoms with van der Waals surface area (Å²) in [5, 5.41) is 0. The number of aromatic nitrogens is 1. The summed E-state index contributed by atoms with van der Waals surface area (Å²) in [6, 6.07) is 14.3. The largest absolute Gasteiger partial charge is 0.495 e. The maximum Gasteiger partial charge on any atom is 0.495 e. The predicted molar refractivity (Wildman–Crippen MR) is 89.2 cm³/mol. The Morgan fingerprint density at radius 2 is 1.55 bits per heavy atom. The summed E-state index contributed by atoms with van der Waals surface area (Å²) in [5.41, 5.74) is 2.68. The van der Waals surface area contributed by atoms with E-state index in [4.69, 9.17) is 9.31 Å². The highest BCUT2D eigenvalue weighted by Gasteiger charge is 2.52. The molecule has 1 fully saturated rings. The zero-order chi connectivity index (χ0) is 15.8. The molecular weight excluding hydrogens is 273 g/mol. The van der Waals surface area contributed by atoms with Crippen molar-refractivity contribution in [2.75, 3.05) is 0 Å². The second-order valence-corrected chi connectivity index (χ2v) is 6.78. The highest BCUT2D eigenvalue weighted by molar-refractivity contribution is 6.62. The molecule has 0 spiro atoms. The summed E-state index contributed by atoms with van der Waals surface area (Å²) in [7, 11) is -0.329. The second-order valence-electron chi connectivity index (χ2n) is 6.78. The summed E-state index contributed by atoms with van der Waals surface area (Å²) >= 11 is 0. The lowest BCUT2D eigenvalue weighted by Crippen LogP contribution is -2.41. The minimum atomic E-state index is -0.329. The molecule has 1 aromatic carbocycles. The van der Waals surface area contributed by atoms with Crippen LogP contribution in [0.5, 0.6) is 0 Å². The van der Waals surface area contributed by atoms with E-state index in [2.05, 4.69) is 44.8 Å². The van der Waals surface area contributed by atoms with Crippen LogP contribution < -0.4 is 5.46 Å². The molecule has 0 atom stereocenters. The first kappa shape index (κ1) is 15.3. The standard InChI is InChI=1S/C18H22BNO2/c1-17(2)18(3,4)22-19(21-17)16-11-6-5-9-14(16)13-15-10-7-8-12-20-15/h5-12H,13H2,1-4H3. The zero-order valence-electron chi connectivity index (χ0n) is 13.7. The molecule has 3 rings (SSSR count). The molecule has 0 amide bonds. The van der Waals surface area contributed by atoms with Gasteiger partial charge in [0.25, 0.3) is 0 Å². The quantitative estimate of drug-likeness (QED) is 0.816. The Bertz CT molecular complexity index is 639. The van der Waals surface area contributed by atoms with Gasteiger partial charge in [-0.05, 0) is 50.9 Å². The molecule has 1 aliphatic heterocycles. The number of nitrogens with zero attached hydrogens (tertiary/aromatic N) is 1. The fraction of sp³-hybridized carbons (Fsp3) is 0.389. The molecule has 0 N–H and O–H groups in total. The van der Waals surface area contributed by atoms with E-state index in [1.807, 2.05) is 36.5 Å². The average molecular weight is 295 g/mol. The van der Waals surface area contributed by atoms with Crippen LogP contribution in [0, 0.1) is 0 Å². The van der Waals surface area contributed by atoms with Gasteiger partial charge in [0.15, 0.2) is 0 Å². The van der Waals surface area contributed by atoms with E-state index in [1.54, 1.807) is 0 Å². The minimum absolute atomic E-state index is 0.324. The van der Waals surface area contributed by atoms with E-state index in [1.165, 1.54) is 5.56 Å². The minimum Gasteiger partial charge on any atom is -0.399 e. The maximum atomic E-state index is 6.19. The summed E-state index contributed by atoms with van der Waals surface area (Å²) in [6.45, 7) is 8.31. The monoisotopic (exact) mass is 295 g/mol. The Morgan fingerprint density at radius 3 is 2.18 bits per heavy atom. The first-order valence-corrected chi connectivity index (χ1v) is 7.72. The molecule has 0 saturated carbocycles. The fourth-order valence-electron chi connectivity index (χ4n) is 2.59. The fourth-order valence-corrected chi connectivity index (χ4v) is 2.59. The van der Waals surface area contributed by atoms with Crippen LogP contribution in [0.3, 0.4) is 0 Å². The van der Waals surface area contributed by atoms with Crippen LogP contribution in [0.25, 0.3) is 0 Å². The van der Waals surface area contributed by atoms with Crippen molar-refractivity contribution in [1.82, 2.24) is 4.98 Å². The van der Waals surface area contributed by atoms with Crippen LogP contribution in [0.1, 0.15) is 39.0 Å². The second kappa shape index (κ2) is 5.52. The Labute approximate surface area is 132 Å². The van der Waals surface area contributed by atoms with Crippen molar-refractivity contribution in [3.63, 3.8) is 0 Å². The Hall–Kier alpha value is -1.65. The van der Waals surface area contributed by atoms with Gasteiger partial charge in [-0.1, -0.05) is 30.3 Å². The predicted octanol–water partition coefficient (Wildman–Crippen LogP) is 2.97. The van der Waals surface area contributed by atoms with Gasteiger partial charge in [0, 0.05) is 18.3 Å². The SMILES string of the molecule is CC1(C)OB(c2ccccc2Cc2ccccn2)OC1(C)C. The van der Waals surface area contributed by atoms with Crippen molar-refractivity contribution < 1.29 is 9.31 Å². The van der Waals surface area contributed by atoms with Gasteiger partial charge in [0.2, 0.25) is 0 Å². The molecule has 3 nitrogen and oxygen atoms in total. The number of pyridine rings is 1. The van der Waals surface area contributed by atoms with E-state index in [9.17, 15) is 0 Å². The molecule has 1 aliphatic rings. The summed E-state index contributed by atoms with van der Waals surface area (Å²) in [5.74, 6) is 0. The Kier molecular flexibility index (Phi) is 3.83. The number of rotatable bonds is 3. The Balaban J connectivity index is 1.90. The lowest BCUT2D eigenvalue weighted by atomic mass is 9.75. The number of hydrogen-bond donors (Lipinski definition) is 0. The van der Waals surface area contributed by atoms with Crippen molar-refractivity contribution in [1.29, 1.82) is 0 Å². The normalized spacial score (nSPS) is 19.4. The van der Waals surface area contributed by atoms with Gasteiger partial charge >= 0.3 is 7.12 Å². The van der Waals surface area contributed by atoms with Gasteiger partial charge in [-0.25, -0.2) is 0 Å². The molecule has 0 unspecified atom stereocenters. The average Bonchev–Trinajstić information content (AvgIpc) is 2.69. The van der Waals surface area contributed by atoms with E-state index >= 15 is 0 Å². The van der Waals surface area contributed by atoms with E-state index in [0.29, 0.717) is 0 Å². The third kappa shape index (κ3) is 2.81. The van der Waals surface area contributed by atoms with Gasteiger partial charge in [0.1, 0.15) is 0 Å². The van der Waals surface area contributed by atoms with Crippen LogP contribution in [-0.4, -0.2) is 23.3 Å². The highest BCUT2D eigenvalue weighted by atomic mass is 16.7. The molecule has 4 heteroatoms. The van der Waals surface area contributed by atoms with E-state index in [0.717, 1.165) is 17.6 Å². The van der Waals surface area contributed by atoms with Crippen molar-refractivity contribution in [2.24, 2.45) is 0 Å². The number of benzene rings is 1. The summed E-state index contributed by atoms with van der Waals surface area (Å²) in [4.78, 5) is 4.42. The topological polar surface area (TPSA) is 31.4 Å². The summed E-state index contributed by atoms with van der Waals surface area (Å²) in [6.07, 6.45) is 2.60. The van der Waals surface area contributed by atoms with Gasteiger partial charge in [-0.3, -0.25) is 4.98 Å². The van der Waals surface area contributed by atoms with Gasteiger partial charge < -0.3 is 9.31 Å². The van der Waals surface area contributed by atoms with Crippen LogP contribution in [0.4, 0.5) is 0 Å². The van der Waals surface area contributed by atoms with Crippen molar-refractivity contribution in [3.8, 4) is 0 Å². The molecule has 0 aliphatic carbocycles. The van der Waals surface area contributed by atoms with Gasteiger partial charge in [-0.2, -0.15) is 0 Å². The third-order valence-electron chi connectivity index (χ3n) is 4.66. The molecule has 0 bridgehead atoms. The van der Waals surface area contributed by atoms with Gasteiger partial charge in [-0.15, -0.1) is 0 Å². The van der Waals surface area contributed by atoms with Crippen LogP contribution in [0.2, 0.25) is 0 Å². The Morgan fingerprint density at radius 1 is 0.909 bits per heavy atom. The van der Waals surface area contributed by atoms with Crippen LogP contribution >= 0.6 is 0 Å². The first-order valence-electron chi connectivity index (χ1n) is 7.72. The molecule has 1 saturated heterocycles. The van der Waals surface area contributed by atoms with E-state index in [-0.39, 0.29) is 18.3 Å². The third-order valence-corrected chi connectivity index (χ3v) is 4.66. The molecule has 2 heterocycles. The van der Waals surface area contributed by atoms with Crippen molar-refractivity contribution >= 4 is 12.6 Å². The van der Waals surface area contributed by atoms with Gasteiger partial charge in [0.05, 0.1) is 11.2 Å². The maximum absolute atomic E-state index is 6.19. The smallest absolute Gasteiger partial charge is 0.399 e. The molecule has 0 radical (unpaired) electrons. The lowest BCUT2D eigenvalue weighted by molar-refractivity contribution is 0.00578. The molecule has 114 valence electrons. The zero-order valence-corrected chi connectivity index (χ0v) is 13.7. The molecular formula is C18H22BNO2. The molecule has 22 heavy (non-hydrogen) atoms. The molecule has 2 aromatic rings. The number of hydrogen-bond acceptors (Lipinski definition) is 3. The molecule has 1 aromatic heterocycles.